The molecule has 8 heteroatoms. The van der Waals surface area contributed by atoms with Crippen LogP contribution in [0.25, 0.3) is 33.5 Å². The number of rotatable bonds is 6. The van der Waals surface area contributed by atoms with Crippen molar-refractivity contribution in [2.24, 2.45) is 0 Å². The highest BCUT2D eigenvalue weighted by Gasteiger charge is 2.26. The van der Waals surface area contributed by atoms with Crippen molar-refractivity contribution in [3.63, 3.8) is 0 Å². The number of hydrogen-bond donors (Lipinski definition) is 2. The van der Waals surface area contributed by atoms with E-state index in [1.54, 1.807) is 17.6 Å². The lowest BCUT2D eigenvalue weighted by Gasteiger charge is -2.09. The van der Waals surface area contributed by atoms with Gasteiger partial charge in [0.25, 0.3) is 5.91 Å². The summed E-state index contributed by atoms with van der Waals surface area (Å²) in [5, 5.41) is 22.5. The van der Waals surface area contributed by atoms with Crippen LogP contribution in [0.15, 0.2) is 78.9 Å². The Balaban J connectivity index is 1.40. The van der Waals surface area contributed by atoms with E-state index >= 15 is 0 Å². The highest BCUT2D eigenvalue weighted by molar-refractivity contribution is 5.93. The van der Waals surface area contributed by atoms with Crippen molar-refractivity contribution in [2.75, 3.05) is 0 Å². The van der Waals surface area contributed by atoms with Crippen molar-refractivity contribution in [2.45, 2.75) is 25.4 Å². The van der Waals surface area contributed by atoms with E-state index in [0.29, 0.717) is 18.2 Å². The van der Waals surface area contributed by atoms with Gasteiger partial charge in [-0.3, -0.25) is 14.7 Å². The highest BCUT2D eigenvalue weighted by Crippen LogP contribution is 2.37. The molecule has 1 saturated carbocycles. The maximum Gasteiger partial charge on any atom is 0.274 e. The molecule has 0 spiro atoms. The van der Waals surface area contributed by atoms with E-state index in [-0.39, 0.29) is 0 Å². The quantitative estimate of drug-likeness (QED) is 0.294. The monoisotopic (exact) mass is 450 g/mol. The molecule has 0 unspecified atom stereocenters. The third kappa shape index (κ3) is 3.74. The summed E-state index contributed by atoms with van der Waals surface area (Å²) in [6.45, 7) is 0.524. The Kier molecular flexibility index (Phi) is 4.92. The smallest absolute Gasteiger partial charge is 0.274 e. The molecule has 0 bridgehead atoms. The summed E-state index contributed by atoms with van der Waals surface area (Å²) < 4.78 is 3.99. The second kappa shape index (κ2) is 8.24. The zero-order valence-electron chi connectivity index (χ0n) is 18.3. The summed E-state index contributed by atoms with van der Waals surface area (Å²) >= 11 is 0. The predicted molar refractivity (Wildman–Crippen MR) is 127 cm³/mol. The third-order valence-electron chi connectivity index (χ3n) is 6.16. The zero-order valence-corrected chi connectivity index (χ0v) is 18.3. The van der Waals surface area contributed by atoms with Crippen LogP contribution >= 0.6 is 0 Å². The van der Waals surface area contributed by atoms with Gasteiger partial charge < -0.3 is 0 Å². The number of nitrogens with zero attached hydrogens (tertiary/aromatic N) is 5. The summed E-state index contributed by atoms with van der Waals surface area (Å²) in [5.74, 6) is -0.537. The number of aromatic nitrogens is 5. The fraction of sp³-hybridized carbons (Fsp3) is 0.154. The van der Waals surface area contributed by atoms with Crippen LogP contribution in [-0.4, -0.2) is 35.9 Å². The first kappa shape index (κ1) is 20.3. The van der Waals surface area contributed by atoms with Crippen LogP contribution in [0.2, 0.25) is 0 Å². The van der Waals surface area contributed by atoms with Crippen LogP contribution in [-0.2, 0) is 6.54 Å². The summed E-state index contributed by atoms with van der Waals surface area (Å²) in [4.78, 5) is 11.6. The number of carbonyl (C=O) groups excluding carboxylic acids is 1. The Hall–Kier alpha value is -4.30. The first-order valence-corrected chi connectivity index (χ1v) is 11.2. The fourth-order valence-corrected chi connectivity index (χ4v) is 4.21. The van der Waals surface area contributed by atoms with Crippen LogP contribution in [0, 0.1) is 0 Å². The van der Waals surface area contributed by atoms with E-state index in [1.165, 1.54) is 0 Å². The molecule has 0 saturated heterocycles. The fourth-order valence-electron chi connectivity index (χ4n) is 4.21. The third-order valence-corrected chi connectivity index (χ3v) is 6.16. The van der Waals surface area contributed by atoms with Gasteiger partial charge in [0.05, 0.1) is 29.5 Å². The Morgan fingerprint density at radius 1 is 0.971 bits per heavy atom. The molecule has 5 aromatic rings. The second-order valence-corrected chi connectivity index (χ2v) is 8.55. The number of amides is 1. The van der Waals surface area contributed by atoms with Gasteiger partial charge in [-0.05, 0) is 48.7 Å². The second-order valence-electron chi connectivity index (χ2n) is 8.55. The minimum absolute atomic E-state index is 0.390. The summed E-state index contributed by atoms with van der Waals surface area (Å²) in [6.07, 6.45) is 2.32. The summed E-state index contributed by atoms with van der Waals surface area (Å²) in [6, 6.07) is 26.0. The minimum atomic E-state index is -0.537. The molecule has 0 aliphatic heterocycles. The van der Waals surface area contributed by atoms with Gasteiger partial charge in [0, 0.05) is 16.7 Å². The summed E-state index contributed by atoms with van der Waals surface area (Å²) in [5.41, 5.74) is 8.87. The van der Waals surface area contributed by atoms with Gasteiger partial charge in [0.1, 0.15) is 5.52 Å². The molecule has 34 heavy (non-hydrogen) atoms. The number of carbonyl (C=O) groups is 1. The molecule has 168 valence electrons. The van der Waals surface area contributed by atoms with E-state index in [2.05, 4.69) is 34.6 Å². The number of hydroxylamine groups is 1. The average Bonchev–Trinajstić information content (AvgIpc) is 3.50. The van der Waals surface area contributed by atoms with Crippen molar-refractivity contribution in [1.82, 2.24) is 30.3 Å². The van der Waals surface area contributed by atoms with E-state index in [1.807, 2.05) is 51.8 Å². The Morgan fingerprint density at radius 2 is 1.76 bits per heavy atom. The number of fused-ring (bicyclic) bond motifs is 1. The van der Waals surface area contributed by atoms with E-state index in [0.717, 1.165) is 52.0 Å². The molecule has 1 aliphatic carbocycles. The van der Waals surface area contributed by atoms with Crippen molar-refractivity contribution in [3.05, 3.63) is 90.0 Å². The summed E-state index contributed by atoms with van der Waals surface area (Å²) in [7, 11) is 0. The van der Waals surface area contributed by atoms with E-state index in [4.69, 9.17) is 10.3 Å². The Labute approximate surface area is 195 Å². The Bertz CT molecular complexity index is 1480. The molecule has 2 N–H and O–H groups in total. The van der Waals surface area contributed by atoms with Crippen LogP contribution in [0.1, 0.15) is 34.8 Å². The van der Waals surface area contributed by atoms with Crippen molar-refractivity contribution in [3.8, 4) is 22.5 Å². The molecule has 8 nitrogen and oxygen atoms in total. The molecule has 6 rings (SSSR count). The van der Waals surface area contributed by atoms with Crippen LogP contribution in [0.4, 0.5) is 0 Å². The van der Waals surface area contributed by atoms with Gasteiger partial charge in [-0.15, -0.1) is 5.10 Å². The van der Waals surface area contributed by atoms with Crippen molar-refractivity contribution in [1.29, 1.82) is 0 Å². The predicted octanol–water partition coefficient (Wildman–Crippen LogP) is 4.46. The maximum absolute atomic E-state index is 11.6. The molecule has 0 radical (unpaired) electrons. The zero-order chi connectivity index (χ0) is 23.1. The van der Waals surface area contributed by atoms with Gasteiger partial charge in [-0.1, -0.05) is 53.7 Å². The van der Waals surface area contributed by atoms with Crippen LogP contribution in [0.5, 0.6) is 0 Å². The lowest BCUT2D eigenvalue weighted by atomic mass is 10.1. The lowest BCUT2D eigenvalue weighted by molar-refractivity contribution is 0.0706. The number of benzene rings is 3. The molecular weight excluding hydrogens is 428 g/mol. The van der Waals surface area contributed by atoms with Crippen molar-refractivity contribution < 1.29 is 10.0 Å². The van der Waals surface area contributed by atoms with Gasteiger partial charge in [-0.25, -0.2) is 10.2 Å². The number of nitrogens with one attached hydrogen (secondary N) is 1. The molecule has 3 aromatic carbocycles. The highest BCUT2D eigenvalue weighted by atomic mass is 16.5. The Morgan fingerprint density at radius 3 is 2.50 bits per heavy atom. The van der Waals surface area contributed by atoms with Gasteiger partial charge in [0.15, 0.2) is 0 Å². The molecule has 0 atom stereocenters. The maximum atomic E-state index is 11.6. The van der Waals surface area contributed by atoms with Gasteiger partial charge in [0.2, 0.25) is 0 Å². The topological polar surface area (TPSA) is 97.9 Å². The van der Waals surface area contributed by atoms with Crippen LogP contribution < -0.4 is 5.48 Å². The van der Waals surface area contributed by atoms with Crippen molar-refractivity contribution >= 4 is 16.9 Å². The van der Waals surface area contributed by atoms with E-state index in [9.17, 15) is 4.79 Å². The molecule has 2 heterocycles. The largest absolute Gasteiger partial charge is 0.288 e. The first-order valence-electron chi connectivity index (χ1n) is 11.2. The minimum Gasteiger partial charge on any atom is -0.288 e. The molecule has 1 fully saturated rings. The van der Waals surface area contributed by atoms with E-state index < -0.39 is 5.91 Å². The first-order chi connectivity index (χ1) is 16.7. The molecule has 2 aromatic heterocycles. The standard InChI is InChI=1S/C26H22N6O2/c33-26(29-34)19-8-6-17(7-9-19)16-31-25(15-22(28-31)18-4-2-1-3-5-18)20-10-13-24-23(14-20)27-30-32(24)21-11-12-21/h1-10,13-15,21,34H,11-12,16H2,(H,29,33). The normalized spacial score (nSPS) is 13.3. The van der Waals surface area contributed by atoms with Gasteiger partial charge >= 0.3 is 0 Å². The average molecular weight is 451 g/mol. The molecular formula is C26H22N6O2. The SMILES string of the molecule is O=C(NO)c1ccc(Cn2nc(-c3ccccc3)cc2-c2ccc3c(c2)nnn3C2CC2)cc1. The molecule has 1 amide bonds. The molecule has 1 aliphatic rings. The number of hydrogen-bond acceptors (Lipinski definition) is 5. The van der Waals surface area contributed by atoms with Crippen LogP contribution in [0.3, 0.4) is 0 Å². The van der Waals surface area contributed by atoms with Gasteiger partial charge in [-0.2, -0.15) is 5.10 Å². The lowest BCUT2D eigenvalue weighted by Crippen LogP contribution is -2.18.